The van der Waals surface area contributed by atoms with Gasteiger partial charge in [-0.25, -0.2) is 0 Å². The number of carbonyl (C=O) groups is 1. The largest absolute Gasteiger partial charge is 0.350 e. The van der Waals surface area contributed by atoms with Crippen molar-refractivity contribution in [1.82, 2.24) is 15.5 Å². The molecule has 2 N–H and O–H groups in total. The van der Waals surface area contributed by atoms with Crippen LogP contribution in [0.5, 0.6) is 0 Å². The van der Waals surface area contributed by atoms with Crippen molar-refractivity contribution >= 4 is 16.8 Å². The van der Waals surface area contributed by atoms with Gasteiger partial charge in [0.15, 0.2) is 5.69 Å². The number of nitrogens with one attached hydrogen (secondary N) is 2. The summed E-state index contributed by atoms with van der Waals surface area (Å²) in [6.07, 6.45) is 3.79. The number of hydrogen-bond acceptors (Lipinski definition) is 2. The standard InChI is InChI=1S/C15H19N3O/c1-10-5-4-6-11(10)9-16-15(19)14-12-7-2-3-8-13(12)17-18-14/h2-3,7-8,10-11H,4-6,9H2,1H3,(H,16,19)(H,17,18). The molecule has 4 heteroatoms. The van der Waals surface area contributed by atoms with Gasteiger partial charge in [0.05, 0.1) is 5.52 Å². The van der Waals surface area contributed by atoms with Crippen LogP contribution in [0.3, 0.4) is 0 Å². The van der Waals surface area contributed by atoms with Crippen molar-refractivity contribution < 1.29 is 4.79 Å². The summed E-state index contributed by atoms with van der Waals surface area (Å²) in [5.41, 5.74) is 1.41. The molecule has 2 unspecified atom stereocenters. The first-order valence-electron chi connectivity index (χ1n) is 6.97. The topological polar surface area (TPSA) is 57.8 Å². The smallest absolute Gasteiger partial charge is 0.272 e. The zero-order chi connectivity index (χ0) is 13.2. The summed E-state index contributed by atoms with van der Waals surface area (Å²) in [4.78, 5) is 12.2. The van der Waals surface area contributed by atoms with Crippen LogP contribution in [-0.2, 0) is 0 Å². The number of benzene rings is 1. The molecule has 1 aliphatic rings. The Morgan fingerprint density at radius 2 is 2.26 bits per heavy atom. The van der Waals surface area contributed by atoms with Crippen molar-refractivity contribution in [3.63, 3.8) is 0 Å². The van der Waals surface area contributed by atoms with Gasteiger partial charge >= 0.3 is 0 Å². The summed E-state index contributed by atoms with van der Waals surface area (Å²) in [6, 6.07) is 7.71. The van der Waals surface area contributed by atoms with Crippen LogP contribution in [0, 0.1) is 11.8 Å². The minimum absolute atomic E-state index is 0.0726. The molecule has 0 saturated heterocycles. The predicted octanol–water partition coefficient (Wildman–Crippen LogP) is 2.73. The maximum absolute atomic E-state index is 12.2. The lowest BCUT2D eigenvalue weighted by Gasteiger charge is -2.15. The molecule has 0 spiro atoms. The molecule has 19 heavy (non-hydrogen) atoms. The van der Waals surface area contributed by atoms with Crippen LogP contribution in [-0.4, -0.2) is 22.6 Å². The zero-order valence-corrected chi connectivity index (χ0v) is 11.1. The first kappa shape index (κ1) is 12.2. The van der Waals surface area contributed by atoms with E-state index in [9.17, 15) is 4.79 Å². The summed E-state index contributed by atoms with van der Waals surface area (Å²) in [5, 5.41) is 10.9. The number of hydrogen-bond donors (Lipinski definition) is 2. The molecule has 2 atom stereocenters. The molecule has 1 fully saturated rings. The fourth-order valence-electron chi connectivity index (χ4n) is 2.97. The molecule has 1 aromatic heterocycles. The van der Waals surface area contributed by atoms with Gasteiger partial charge in [-0.1, -0.05) is 38.0 Å². The highest BCUT2D eigenvalue weighted by Gasteiger charge is 2.24. The van der Waals surface area contributed by atoms with Gasteiger partial charge in [-0.15, -0.1) is 0 Å². The Bertz CT molecular complexity index is 590. The number of aromatic amines is 1. The second-order valence-corrected chi connectivity index (χ2v) is 5.50. The van der Waals surface area contributed by atoms with E-state index in [4.69, 9.17) is 0 Å². The Hall–Kier alpha value is -1.84. The van der Waals surface area contributed by atoms with Crippen LogP contribution < -0.4 is 5.32 Å². The number of rotatable bonds is 3. The van der Waals surface area contributed by atoms with Gasteiger partial charge < -0.3 is 5.32 Å². The maximum atomic E-state index is 12.2. The molecular formula is C15H19N3O. The predicted molar refractivity (Wildman–Crippen MR) is 74.9 cm³/mol. The van der Waals surface area contributed by atoms with Crippen molar-refractivity contribution in [3.05, 3.63) is 30.0 Å². The molecule has 4 nitrogen and oxygen atoms in total. The summed E-state index contributed by atoms with van der Waals surface area (Å²) in [5.74, 6) is 1.27. The van der Waals surface area contributed by atoms with E-state index in [0.29, 0.717) is 11.6 Å². The SMILES string of the molecule is CC1CCCC1CNC(=O)c1n[nH]c2ccccc12. The van der Waals surface area contributed by atoms with E-state index in [1.807, 2.05) is 24.3 Å². The van der Waals surface area contributed by atoms with E-state index in [0.717, 1.165) is 23.4 Å². The highest BCUT2D eigenvalue weighted by Crippen LogP contribution is 2.30. The van der Waals surface area contributed by atoms with Crippen LogP contribution in [0.15, 0.2) is 24.3 Å². The third kappa shape index (κ3) is 2.35. The number of carbonyl (C=O) groups excluding carboxylic acids is 1. The van der Waals surface area contributed by atoms with Gasteiger partial charge in [-0.2, -0.15) is 5.10 Å². The molecule has 1 aliphatic carbocycles. The van der Waals surface area contributed by atoms with Crippen molar-refractivity contribution in [2.45, 2.75) is 26.2 Å². The molecule has 2 aromatic rings. The summed E-state index contributed by atoms with van der Waals surface area (Å²) < 4.78 is 0. The Labute approximate surface area is 112 Å². The van der Waals surface area contributed by atoms with Gasteiger partial charge in [0.2, 0.25) is 0 Å². The summed E-state index contributed by atoms with van der Waals surface area (Å²) >= 11 is 0. The minimum atomic E-state index is -0.0726. The van der Waals surface area contributed by atoms with Gasteiger partial charge in [-0.3, -0.25) is 9.89 Å². The molecule has 1 amide bonds. The number of fused-ring (bicyclic) bond motifs is 1. The number of para-hydroxylation sites is 1. The molecule has 1 saturated carbocycles. The fourth-order valence-corrected chi connectivity index (χ4v) is 2.97. The van der Waals surface area contributed by atoms with Crippen LogP contribution >= 0.6 is 0 Å². The Balaban J connectivity index is 1.70. The number of aromatic nitrogens is 2. The third-order valence-corrected chi connectivity index (χ3v) is 4.25. The van der Waals surface area contributed by atoms with E-state index in [2.05, 4.69) is 22.4 Å². The molecule has 3 rings (SSSR count). The van der Waals surface area contributed by atoms with Gasteiger partial charge in [-0.05, 0) is 24.3 Å². The van der Waals surface area contributed by atoms with Crippen molar-refractivity contribution in [2.75, 3.05) is 6.54 Å². The van der Waals surface area contributed by atoms with Crippen LogP contribution in [0.25, 0.3) is 10.9 Å². The lowest BCUT2D eigenvalue weighted by atomic mass is 9.98. The molecular weight excluding hydrogens is 238 g/mol. The van der Waals surface area contributed by atoms with Crippen molar-refractivity contribution in [1.29, 1.82) is 0 Å². The van der Waals surface area contributed by atoms with Crippen molar-refractivity contribution in [3.8, 4) is 0 Å². The Kier molecular flexibility index (Phi) is 3.23. The fraction of sp³-hybridized carbons (Fsp3) is 0.467. The average Bonchev–Trinajstić information content (AvgIpc) is 3.02. The monoisotopic (exact) mass is 257 g/mol. The maximum Gasteiger partial charge on any atom is 0.272 e. The van der Waals surface area contributed by atoms with Gasteiger partial charge in [0, 0.05) is 11.9 Å². The van der Waals surface area contributed by atoms with E-state index in [1.54, 1.807) is 0 Å². The van der Waals surface area contributed by atoms with Crippen LogP contribution in [0.4, 0.5) is 0 Å². The molecule has 1 heterocycles. The minimum Gasteiger partial charge on any atom is -0.350 e. The number of H-pyrrole nitrogens is 1. The first-order chi connectivity index (χ1) is 9.25. The lowest BCUT2D eigenvalue weighted by molar-refractivity contribution is 0.0941. The van der Waals surface area contributed by atoms with E-state index >= 15 is 0 Å². The molecule has 0 aliphatic heterocycles. The van der Waals surface area contributed by atoms with Crippen molar-refractivity contribution in [2.24, 2.45) is 11.8 Å². The average molecular weight is 257 g/mol. The molecule has 0 bridgehead atoms. The summed E-state index contributed by atoms with van der Waals surface area (Å²) in [6.45, 7) is 3.04. The third-order valence-electron chi connectivity index (χ3n) is 4.25. The quantitative estimate of drug-likeness (QED) is 0.888. The molecule has 100 valence electrons. The highest BCUT2D eigenvalue weighted by molar-refractivity contribution is 6.04. The van der Waals surface area contributed by atoms with Crippen LogP contribution in [0.2, 0.25) is 0 Å². The molecule has 1 aromatic carbocycles. The van der Waals surface area contributed by atoms with Crippen LogP contribution in [0.1, 0.15) is 36.7 Å². The zero-order valence-electron chi connectivity index (χ0n) is 11.1. The lowest BCUT2D eigenvalue weighted by Crippen LogP contribution is -2.30. The van der Waals surface area contributed by atoms with Gasteiger partial charge in [0.25, 0.3) is 5.91 Å². The van der Waals surface area contributed by atoms with Gasteiger partial charge in [0.1, 0.15) is 0 Å². The number of amides is 1. The normalized spacial score (nSPS) is 22.8. The highest BCUT2D eigenvalue weighted by atomic mass is 16.1. The Morgan fingerprint density at radius 1 is 1.42 bits per heavy atom. The second kappa shape index (κ2) is 5.03. The first-order valence-corrected chi connectivity index (χ1v) is 6.97. The van der Waals surface area contributed by atoms with E-state index < -0.39 is 0 Å². The number of nitrogens with zero attached hydrogens (tertiary/aromatic N) is 1. The Morgan fingerprint density at radius 3 is 3.05 bits per heavy atom. The van der Waals surface area contributed by atoms with E-state index in [1.165, 1.54) is 19.3 Å². The van der Waals surface area contributed by atoms with E-state index in [-0.39, 0.29) is 5.91 Å². The molecule has 0 radical (unpaired) electrons. The second-order valence-electron chi connectivity index (χ2n) is 5.50. The summed E-state index contributed by atoms with van der Waals surface area (Å²) in [7, 11) is 0.